The topological polar surface area (TPSA) is 46.5 Å². The summed E-state index contributed by atoms with van der Waals surface area (Å²) in [6.45, 7) is 2.15. The summed E-state index contributed by atoms with van der Waals surface area (Å²) in [5.74, 6) is 0. The summed E-state index contributed by atoms with van der Waals surface area (Å²) in [5, 5.41) is 8.79. The molecule has 0 saturated heterocycles. The van der Waals surface area contributed by atoms with Gasteiger partial charge in [-0.15, -0.1) is 4.52 Å². The molecule has 0 spiro atoms. The van der Waals surface area contributed by atoms with Crippen molar-refractivity contribution in [2.24, 2.45) is 5.41 Å². The molecule has 1 fully saturated rings. The Kier molecular flexibility index (Phi) is 2.40. The summed E-state index contributed by atoms with van der Waals surface area (Å²) in [7, 11) is -1.49. The van der Waals surface area contributed by atoms with E-state index >= 15 is 0 Å². The van der Waals surface area contributed by atoms with Crippen LogP contribution < -0.4 is 0 Å². The van der Waals surface area contributed by atoms with Gasteiger partial charge in [-0.05, 0) is 17.4 Å². The molecule has 1 saturated carbocycles. The van der Waals surface area contributed by atoms with Crippen LogP contribution in [0.2, 0.25) is 0 Å². The summed E-state index contributed by atoms with van der Waals surface area (Å²) in [5.41, 5.74) is -0.0268. The molecule has 0 aromatic rings. The number of aliphatic hydroxyl groups excluding tert-OH is 1. The highest BCUT2D eigenvalue weighted by molar-refractivity contribution is 7.38. The monoisotopic (exact) mass is 163 g/mol. The zero-order valence-electron chi connectivity index (χ0n) is 6.04. The van der Waals surface area contributed by atoms with Crippen LogP contribution in [0.4, 0.5) is 0 Å². The van der Waals surface area contributed by atoms with Crippen molar-refractivity contribution in [2.45, 2.75) is 12.8 Å². The van der Waals surface area contributed by atoms with Crippen molar-refractivity contribution in [3.05, 3.63) is 0 Å². The van der Waals surface area contributed by atoms with Crippen LogP contribution in [0.3, 0.4) is 0 Å². The smallest absolute Gasteiger partial charge is 0.396 e. The lowest BCUT2D eigenvalue weighted by atomic mass is 10.1. The van der Waals surface area contributed by atoms with Crippen LogP contribution >= 0.6 is 8.03 Å². The standard InChI is InChI=1S/C6H12O3P/c1-10(8)9-5-6(4-7)2-3-6/h7H,2-5H2,1H3/q+1. The molecular formula is C6H12O3P+. The van der Waals surface area contributed by atoms with Gasteiger partial charge >= 0.3 is 8.03 Å². The van der Waals surface area contributed by atoms with Gasteiger partial charge in [0.2, 0.25) is 0 Å². The van der Waals surface area contributed by atoms with Crippen molar-refractivity contribution in [3.63, 3.8) is 0 Å². The summed E-state index contributed by atoms with van der Waals surface area (Å²) in [6, 6.07) is 0. The third kappa shape index (κ3) is 2.01. The van der Waals surface area contributed by atoms with E-state index in [2.05, 4.69) is 0 Å². The van der Waals surface area contributed by atoms with E-state index in [1.54, 1.807) is 0 Å². The second-order valence-electron chi connectivity index (χ2n) is 2.87. The minimum Gasteiger partial charge on any atom is -0.396 e. The van der Waals surface area contributed by atoms with E-state index in [0.717, 1.165) is 12.8 Å². The van der Waals surface area contributed by atoms with Crippen LogP contribution in [0.1, 0.15) is 12.8 Å². The molecule has 0 amide bonds. The normalized spacial score (nSPS) is 22.4. The molecule has 0 aromatic carbocycles. The predicted molar refractivity (Wildman–Crippen MR) is 38.2 cm³/mol. The molecule has 0 aromatic heterocycles. The van der Waals surface area contributed by atoms with Gasteiger partial charge in [0, 0.05) is 5.41 Å². The Morgan fingerprint density at radius 1 is 1.70 bits per heavy atom. The maximum atomic E-state index is 10.5. The Morgan fingerprint density at radius 3 is 2.60 bits per heavy atom. The van der Waals surface area contributed by atoms with E-state index in [4.69, 9.17) is 9.63 Å². The van der Waals surface area contributed by atoms with Gasteiger partial charge in [0.15, 0.2) is 6.66 Å². The highest BCUT2D eigenvalue weighted by Crippen LogP contribution is 2.46. The molecule has 4 heteroatoms. The third-order valence-electron chi connectivity index (χ3n) is 1.85. The first-order valence-electron chi connectivity index (χ1n) is 3.33. The lowest BCUT2D eigenvalue weighted by Crippen LogP contribution is -2.12. The summed E-state index contributed by atoms with van der Waals surface area (Å²) in [6.07, 6.45) is 2.01. The van der Waals surface area contributed by atoms with Crippen molar-refractivity contribution < 1.29 is 14.2 Å². The van der Waals surface area contributed by atoms with Gasteiger partial charge in [-0.25, -0.2) is 0 Å². The van der Waals surface area contributed by atoms with E-state index in [0.29, 0.717) is 6.61 Å². The van der Waals surface area contributed by atoms with Gasteiger partial charge in [0.1, 0.15) is 6.61 Å². The highest BCUT2D eigenvalue weighted by Gasteiger charge is 2.44. The molecule has 3 nitrogen and oxygen atoms in total. The Hall–Kier alpha value is 0.0200. The van der Waals surface area contributed by atoms with Crippen LogP contribution in [0, 0.1) is 5.41 Å². The molecule has 1 aliphatic rings. The summed E-state index contributed by atoms with van der Waals surface area (Å²) in [4.78, 5) is 0. The van der Waals surface area contributed by atoms with Crippen LogP contribution in [-0.4, -0.2) is 25.0 Å². The van der Waals surface area contributed by atoms with E-state index in [9.17, 15) is 4.57 Å². The molecule has 10 heavy (non-hydrogen) atoms. The zero-order valence-corrected chi connectivity index (χ0v) is 6.93. The molecule has 0 aliphatic heterocycles. The second kappa shape index (κ2) is 2.95. The Labute approximate surface area is 61.3 Å². The first-order valence-corrected chi connectivity index (χ1v) is 4.96. The largest absolute Gasteiger partial charge is 0.504 e. The fourth-order valence-corrected chi connectivity index (χ4v) is 1.21. The SMILES string of the molecule is C[P+](=O)OCC1(CO)CC1. The molecular weight excluding hydrogens is 151 g/mol. The zero-order chi connectivity index (χ0) is 7.61. The lowest BCUT2D eigenvalue weighted by molar-refractivity contribution is 0.152. The lowest BCUT2D eigenvalue weighted by Gasteiger charge is -2.03. The van der Waals surface area contributed by atoms with E-state index in [-0.39, 0.29) is 12.0 Å². The fourth-order valence-electron chi connectivity index (χ4n) is 0.753. The van der Waals surface area contributed by atoms with Crippen LogP contribution in [0.15, 0.2) is 0 Å². The van der Waals surface area contributed by atoms with Gasteiger partial charge < -0.3 is 5.11 Å². The van der Waals surface area contributed by atoms with E-state index in [1.165, 1.54) is 6.66 Å². The number of aliphatic hydroxyl groups is 1. The molecule has 1 N–H and O–H groups in total. The maximum absolute atomic E-state index is 10.5. The maximum Gasteiger partial charge on any atom is 0.504 e. The fraction of sp³-hybridized carbons (Fsp3) is 1.00. The number of hydrogen-bond donors (Lipinski definition) is 1. The molecule has 1 atom stereocenters. The third-order valence-corrected chi connectivity index (χ3v) is 2.34. The molecule has 0 bridgehead atoms. The van der Waals surface area contributed by atoms with Gasteiger partial charge in [0.25, 0.3) is 0 Å². The van der Waals surface area contributed by atoms with Crippen molar-refractivity contribution in [1.29, 1.82) is 0 Å². The minimum atomic E-state index is -1.49. The first kappa shape index (κ1) is 8.12. The molecule has 0 radical (unpaired) electrons. The number of rotatable bonds is 4. The van der Waals surface area contributed by atoms with Crippen LogP contribution in [0.5, 0.6) is 0 Å². The van der Waals surface area contributed by atoms with E-state index < -0.39 is 8.03 Å². The van der Waals surface area contributed by atoms with Gasteiger partial charge in [0.05, 0.1) is 6.61 Å². The van der Waals surface area contributed by atoms with E-state index in [1.807, 2.05) is 0 Å². The average Bonchev–Trinajstić information content (AvgIpc) is 2.64. The molecule has 0 heterocycles. The van der Waals surface area contributed by atoms with Gasteiger partial charge in [-0.3, -0.25) is 0 Å². The highest BCUT2D eigenvalue weighted by atomic mass is 31.1. The second-order valence-corrected chi connectivity index (χ2v) is 4.01. The minimum absolute atomic E-state index is 0.0268. The van der Waals surface area contributed by atoms with Crippen LogP contribution in [0.25, 0.3) is 0 Å². The molecule has 1 rings (SSSR count). The summed E-state index contributed by atoms with van der Waals surface area (Å²) < 4.78 is 15.4. The predicted octanol–water partition coefficient (Wildman–Crippen LogP) is 1.15. The average molecular weight is 163 g/mol. The summed E-state index contributed by atoms with van der Waals surface area (Å²) >= 11 is 0. The van der Waals surface area contributed by atoms with Crippen molar-refractivity contribution in [1.82, 2.24) is 0 Å². The number of hydrogen-bond acceptors (Lipinski definition) is 3. The first-order chi connectivity index (χ1) is 4.68. The Bertz CT molecular complexity index is 142. The van der Waals surface area contributed by atoms with Gasteiger partial charge in [-0.2, -0.15) is 0 Å². The van der Waals surface area contributed by atoms with Crippen molar-refractivity contribution in [3.8, 4) is 0 Å². The molecule has 1 aliphatic carbocycles. The van der Waals surface area contributed by atoms with Crippen molar-refractivity contribution >= 4 is 8.03 Å². The van der Waals surface area contributed by atoms with Crippen molar-refractivity contribution in [2.75, 3.05) is 19.9 Å². The molecule has 58 valence electrons. The Balaban J connectivity index is 2.19. The van der Waals surface area contributed by atoms with Gasteiger partial charge in [-0.1, -0.05) is 0 Å². The Morgan fingerprint density at radius 2 is 2.30 bits per heavy atom. The quantitative estimate of drug-likeness (QED) is 0.632. The molecule has 1 unspecified atom stereocenters. The van der Waals surface area contributed by atoms with Crippen LogP contribution in [-0.2, 0) is 9.09 Å².